The van der Waals surface area contributed by atoms with Gasteiger partial charge in [-0.15, -0.1) is 0 Å². The van der Waals surface area contributed by atoms with E-state index < -0.39 is 30.6 Å². The zero-order valence-electron chi connectivity index (χ0n) is 18.4. The third kappa shape index (κ3) is 4.12. The van der Waals surface area contributed by atoms with E-state index in [0.717, 1.165) is 33.4 Å². The number of alkyl carbamates (subject to hydrolysis) is 1. The zero-order valence-corrected chi connectivity index (χ0v) is 18.4. The Morgan fingerprint density at radius 2 is 1.50 bits per heavy atom. The van der Waals surface area contributed by atoms with E-state index in [1.807, 2.05) is 60.7 Å². The van der Waals surface area contributed by atoms with Crippen molar-refractivity contribution in [2.45, 2.75) is 24.9 Å². The number of fused-ring (bicyclic) bond motifs is 4. The van der Waals surface area contributed by atoms with Gasteiger partial charge in [0.05, 0.1) is 0 Å². The number of amides is 2. The number of benzene rings is 3. The molecule has 3 aromatic carbocycles. The number of hydrogen-bond donors (Lipinski definition) is 2. The molecule has 0 radical (unpaired) electrons. The summed E-state index contributed by atoms with van der Waals surface area (Å²) < 4.78 is 5.60. The standard InChI is InChI=1S/C27H24N2O5/c30-25(31)15-29-14-18-8-2-1-7-17(18)13-24(26(29)32)28-27(33)34-16-23-21-11-5-3-9-19(21)20-10-4-6-12-22(20)23/h1-12,23-24H,13-16H2,(H,28,33)(H,30,31)/t24-/m0/s1. The number of rotatable bonds is 5. The molecule has 34 heavy (non-hydrogen) atoms. The Kier molecular flexibility index (Phi) is 5.76. The van der Waals surface area contributed by atoms with Gasteiger partial charge in [-0.1, -0.05) is 72.8 Å². The van der Waals surface area contributed by atoms with Crippen LogP contribution in [-0.4, -0.2) is 47.2 Å². The highest BCUT2D eigenvalue weighted by molar-refractivity contribution is 5.89. The highest BCUT2D eigenvalue weighted by Gasteiger charge is 2.33. The van der Waals surface area contributed by atoms with Crippen LogP contribution in [0.3, 0.4) is 0 Å². The summed E-state index contributed by atoms with van der Waals surface area (Å²) in [7, 11) is 0. The SMILES string of the molecule is O=C(O)CN1Cc2ccccc2C[C@H](NC(=O)OCC2c3ccccc3-c3ccccc32)C1=O. The van der Waals surface area contributed by atoms with Gasteiger partial charge in [-0.25, -0.2) is 4.79 Å². The number of carboxylic acid groups (broad SMARTS) is 1. The predicted octanol–water partition coefficient (Wildman–Crippen LogP) is 3.56. The van der Waals surface area contributed by atoms with E-state index in [-0.39, 0.29) is 25.5 Å². The number of carboxylic acids is 1. The van der Waals surface area contributed by atoms with Crippen LogP contribution < -0.4 is 5.32 Å². The first-order valence-corrected chi connectivity index (χ1v) is 11.2. The molecule has 7 nitrogen and oxygen atoms in total. The normalized spacial score (nSPS) is 16.8. The maximum Gasteiger partial charge on any atom is 0.407 e. The summed E-state index contributed by atoms with van der Waals surface area (Å²) in [6.45, 7) is -0.115. The summed E-state index contributed by atoms with van der Waals surface area (Å²) in [6, 6.07) is 22.7. The van der Waals surface area contributed by atoms with Crippen molar-refractivity contribution in [3.8, 4) is 11.1 Å². The van der Waals surface area contributed by atoms with Crippen molar-refractivity contribution in [1.82, 2.24) is 10.2 Å². The summed E-state index contributed by atoms with van der Waals surface area (Å²) in [5.41, 5.74) is 6.23. The first-order valence-electron chi connectivity index (χ1n) is 11.2. The second-order valence-corrected chi connectivity index (χ2v) is 8.58. The molecule has 0 bridgehead atoms. The molecule has 2 N–H and O–H groups in total. The third-order valence-electron chi connectivity index (χ3n) is 6.48. The van der Waals surface area contributed by atoms with E-state index in [1.165, 1.54) is 4.90 Å². The number of nitrogens with zero attached hydrogens (tertiary/aromatic N) is 1. The van der Waals surface area contributed by atoms with Gasteiger partial charge in [0.15, 0.2) is 0 Å². The van der Waals surface area contributed by atoms with Crippen molar-refractivity contribution in [3.63, 3.8) is 0 Å². The van der Waals surface area contributed by atoms with Gasteiger partial charge in [0.25, 0.3) is 0 Å². The molecular formula is C27H24N2O5. The van der Waals surface area contributed by atoms with Crippen LogP contribution in [0.25, 0.3) is 11.1 Å². The van der Waals surface area contributed by atoms with Crippen LogP contribution in [0.2, 0.25) is 0 Å². The second-order valence-electron chi connectivity index (χ2n) is 8.58. The van der Waals surface area contributed by atoms with Crippen LogP contribution in [0.15, 0.2) is 72.8 Å². The van der Waals surface area contributed by atoms with Crippen LogP contribution in [0.4, 0.5) is 4.79 Å². The van der Waals surface area contributed by atoms with Crippen molar-refractivity contribution in [2.24, 2.45) is 0 Å². The van der Waals surface area contributed by atoms with E-state index in [0.29, 0.717) is 0 Å². The van der Waals surface area contributed by atoms with E-state index in [4.69, 9.17) is 4.74 Å². The van der Waals surface area contributed by atoms with Crippen molar-refractivity contribution in [1.29, 1.82) is 0 Å². The number of carbonyl (C=O) groups is 3. The van der Waals surface area contributed by atoms with E-state index in [1.54, 1.807) is 0 Å². The van der Waals surface area contributed by atoms with E-state index >= 15 is 0 Å². The van der Waals surface area contributed by atoms with Crippen molar-refractivity contribution < 1.29 is 24.2 Å². The summed E-state index contributed by atoms with van der Waals surface area (Å²) in [5, 5.41) is 11.9. The molecule has 5 rings (SSSR count). The minimum absolute atomic E-state index is 0.0905. The van der Waals surface area contributed by atoms with Gasteiger partial charge < -0.3 is 20.1 Å². The third-order valence-corrected chi connectivity index (χ3v) is 6.48. The molecule has 2 amide bonds. The Morgan fingerprint density at radius 1 is 0.912 bits per heavy atom. The molecule has 0 fully saturated rings. The molecule has 0 unspecified atom stereocenters. The fourth-order valence-electron chi connectivity index (χ4n) is 4.91. The lowest BCUT2D eigenvalue weighted by Gasteiger charge is -2.23. The highest BCUT2D eigenvalue weighted by Crippen LogP contribution is 2.44. The second kappa shape index (κ2) is 9.02. The molecule has 7 heteroatoms. The maximum atomic E-state index is 13.1. The summed E-state index contributed by atoms with van der Waals surface area (Å²) in [6.07, 6.45) is -0.426. The van der Waals surface area contributed by atoms with Gasteiger partial charge in [-0.05, 0) is 33.4 Å². The van der Waals surface area contributed by atoms with Gasteiger partial charge in [0.1, 0.15) is 19.2 Å². The summed E-state index contributed by atoms with van der Waals surface area (Å²) >= 11 is 0. The number of nitrogens with one attached hydrogen (secondary N) is 1. The van der Waals surface area contributed by atoms with Gasteiger partial charge in [0, 0.05) is 18.9 Å². The smallest absolute Gasteiger partial charge is 0.407 e. The van der Waals surface area contributed by atoms with Gasteiger partial charge in [0.2, 0.25) is 5.91 Å². The van der Waals surface area contributed by atoms with Crippen LogP contribution in [0.1, 0.15) is 28.2 Å². The minimum atomic E-state index is -1.10. The maximum absolute atomic E-state index is 13.1. The Morgan fingerprint density at radius 3 is 2.15 bits per heavy atom. The summed E-state index contributed by atoms with van der Waals surface area (Å²) in [5.74, 6) is -1.63. The summed E-state index contributed by atoms with van der Waals surface area (Å²) in [4.78, 5) is 38.4. The van der Waals surface area contributed by atoms with E-state index in [2.05, 4.69) is 17.4 Å². The lowest BCUT2D eigenvalue weighted by atomic mass is 9.98. The molecule has 1 heterocycles. The quantitative estimate of drug-likeness (QED) is 0.612. The first kappa shape index (κ1) is 21.7. The Balaban J connectivity index is 1.31. The number of carbonyl (C=O) groups excluding carboxylic acids is 2. The molecule has 1 atom stereocenters. The first-order chi connectivity index (χ1) is 16.5. The van der Waals surface area contributed by atoms with Crippen LogP contribution >= 0.6 is 0 Å². The van der Waals surface area contributed by atoms with Crippen LogP contribution in [0.5, 0.6) is 0 Å². The Bertz CT molecular complexity index is 1230. The average Bonchev–Trinajstić information content (AvgIpc) is 3.09. The molecule has 0 spiro atoms. The molecule has 172 valence electrons. The average molecular weight is 456 g/mol. The minimum Gasteiger partial charge on any atom is -0.480 e. The lowest BCUT2D eigenvalue weighted by molar-refractivity contribution is -0.145. The van der Waals surface area contributed by atoms with Crippen LogP contribution in [0, 0.1) is 0 Å². The molecule has 1 aliphatic heterocycles. The van der Waals surface area contributed by atoms with Gasteiger partial charge >= 0.3 is 12.1 Å². The Hall–Kier alpha value is -4.13. The molecule has 2 aliphatic rings. The molecule has 0 saturated heterocycles. The monoisotopic (exact) mass is 456 g/mol. The fourth-order valence-corrected chi connectivity index (χ4v) is 4.91. The molecular weight excluding hydrogens is 432 g/mol. The predicted molar refractivity (Wildman–Crippen MR) is 125 cm³/mol. The molecule has 0 aromatic heterocycles. The molecule has 0 saturated carbocycles. The topological polar surface area (TPSA) is 95.9 Å². The number of hydrogen-bond acceptors (Lipinski definition) is 4. The highest BCUT2D eigenvalue weighted by atomic mass is 16.5. The number of ether oxygens (including phenoxy) is 1. The number of aliphatic carboxylic acids is 1. The van der Waals surface area contributed by atoms with Crippen LogP contribution in [-0.2, 0) is 27.3 Å². The van der Waals surface area contributed by atoms with Gasteiger partial charge in [-0.3, -0.25) is 9.59 Å². The fraction of sp³-hybridized carbons (Fsp3) is 0.222. The van der Waals surface area contributed by atoms with Gasteiger partial charge in [-0.2, -0.15) is 0 Å². The largest absolute Gasteiger partial charge is 0.480 e. The van der Waals surface area contributed by atoms with Crippen molar-refractivity contribution in [2.75, 3.05) is 13.2 Å². The Labute approximate surface area is 197 Å². The van der Waals surface area contributed by atoms with Crippen molar-refractivity contribution >= 4 is 18.0 Å². The van der Waals surface area contributed by atoms with E-state index in [9.17, 15) is 19.5 Å². The molecule has 3 aromatic rings. The van der Waals surface area contributed by atoms with Crippen molar-refractivity contribution in [3.05, 3.63) is 95.1 Å². The zero-order chi connectivity index (χ0) is 23.7. The lowest BCUT2D eigenvalue weighted by Crippen LogP contribution is -2.49. The molecule has 1 aliphatic carbocycles.